The van der Waals surface area contributed by atoms with Crippen LogP contribution in [0.4, 0.5) is 0 Å². The molecule has 1 spiro atoms. The maximum absolute atomic E-state index is 12.5. The highest BCUT2D eigenvalue weighted by Gasteiger charge is 2.43. The van der Waals surface area contributed by atoms with Gasteiger partial charge in [0.2, 0.25) is 0 Å². The minimum absolute atomic E-state index is 0.121. The van der Waals surface area contributed by atoms with Gasteiger partial charge in [-0.15, -0.1) is 5.10 Å². The van der Waals surface area contributed by atoms with Crippen molar-refractivity contribution in [1.82, 2.24) is 25.2 Å². The zero-order chi connectivity index (χ0) is 24.4. The molecule has 2 aromatic carbocycles. The van der Waals surface area contributed by atoms with Crippen molar-refractivity contribution in [3.8, 4) is 11.5 Å². The van der Waals surface area contributed by atoms with Crippen LogP contribution in [0.15, 0.2) is 42.5 Å². The van der Waals surface area contributed by atoms with E-state index in [0.29, 0.717) is 25.3 Å². The molecule has 5 rings (SSSR count). The number of amides is 1. The van der Waals surface area contributed by atoms with E-state index in [4.69, 9.17) is 14.2 Å². The number of aryl methyl sites for hydroxylation is 1. The van der Waals surface area contributed by atoms with E-state index >= 15 is 0 Å². The molecule has 1 saturated heterocycles. The lowest BCUT2D eigenvalue weighted by Gasteiger charge is -2.34. The van der Waals surface area contributed by atoms with Crippen LogP contribution in [0.25, 0.3) is 0 Å². The van der Waals surface area contributed by atoms with Gasteiger partial charge in [0.15, 0.2) is 0 Å². The van der Waals surface area contributed by atoms with Crippen molar-refractivity contribution < 1.29 is 19.0 Å². The highest BCUT2D eigenvalue weighted by atomic mass is 16.5. The topological polar surface area (TPSA) is 90.7 Å². The summed E-state index contributed by atoms with van der Waals surface area (Å²) in [5.74, 6) is 1.48. The fourth-order valence-corrected chi connectivity index (χ4v) is 4.92. The van der Waals surface area contributed by atoms with Crippen LogP contribution in [0.2, 0.25) is 0 Å². The number of fused-ring (bicyclic) bond motifs is 1. The fourth-order valence-electron chi connectivity index (χ4n) is 4.92. The molecule has 2 aliphatic rings. The van der Waals surface area contributed by atoms with Crippen molar-refractivity contribution in [2.75, 3.05) is 27.3 Å². The molecule has 0 aliphatic carbocycles. The number of benzene rings is 2. The van der Waals surface area contributed by atoms with E-state index in [-0.39, 0.29) is 11.5 Å². The van der Waals surface area contributed by atoms with E-state index in [9.17, 15) is 4.79 Å². The van der Waals surface area contributed by atoms with Crippen LogP contribution < -0.4 is 14.8 Å². The van der Waals surface area contributed by atoms with Gasteiger partial charge in [-0.3, -0.25) is 9.69 Å². The highest BCUT2D eigenvalue weighted by molar-refractivity contribution is 5.94. The predicted octanol–water partition coefficient (Wildman–Crippen LogP) is 2.71. The largest absolute Gasteiger partial charge is 0.497 e. The second kappa shape index (κ2) is 9.67. The summed E-state index contributed by atoms with van der Waals surface area (Å²) in [5.41, 5.74) is 4.19. The first-order valence-electron chi connectivity index (χ1n) is 11.8. The summed E-state index contributed by atoms with van der Waals surface area (Å²) in [7, 11) is 3.34. The fraction of sp³-hybridized carbons (Fsp3) is 0.423. The van der Waals surface area contributed by atoms with Gasteiger partial charge < -0.3 is 19.5 Å². The van der Waals surface area contributed by atoms with Crippen molar-refractivity contribution >= 4 is 5.91 Å². The van der Waals surface area contributed by atoms with Crippen molar-refractivity contribution in [2.45, 2.75) is 45.2 Å². The van der Waals surface area contributed by atoms with Gasteiger partial charge >= 0.3 is 0 Å². The van der Waals surface area contributed by atoms with Gasteiger partial charge in [0.05, 0.1) is 39.6 Å². The average Bonchev–Trinajstić information content (AvgIpc) is 3.46. The Morgan fingerprint density at radius 3 is 2.86 bits per heavy atom. The van der Waals surface area contributed by atoms with Crippen LogP contribution in [-0.4, -0.2) is 58.7 Å². The first-order valence-corrected chi connectivity index (χ1v) is 11.8. The maximum atomic E-state index is 12.5. The number of nitrogens with zero attached hydrogens (tertiary/aromatic N) is 4. The van der Waals surface area contributed by atoms with Gasteiger partial charge in [-0.05, 0) is 31.5 Å². The Morgan fingerprint density at radius 2 is 2.06 bits per heavy atom. The zero-order valence-corrected chi connectivity index (χ0v) is 20.4. The third-order valence-electron chi connectivity index (χ3n) is 6.85. The summed E-state index contributed by atoms with van der Waals surface area (Å²) in [6.45, 7) is 5.89. The Balaban J connectivity index is 1.21. The maximum Gasteiger partial charge on any atom is 0.251 e. The minimum Gasteiger partial charge on any atom is -0.497 e. The summed E-state index contributed by atoms with van der Waals surface area (Å²) in [4.78, 5) is 14.9. The quantitative estimate of drug-likeness (QED) is 0.560. The molecule has 9 heteroatoms. The summed E-state index contributed by atoms with van der Waals surface area (Å²) < 4.78 is 19.2. The number of ether oxygens (including phenoxy) is 3. The molecular formula is C26H31N5O4. The van der Waals surface area contributed by atoms with Gasteiger partial charge in [0, 0.05) is 36.8 Å². The third kappa shape index (κ3) is 4.87. The third-order valence-corrected chi connectivity index (χ3v) is 6.85. The van der Waals surface area contributed by atoms with E-state index in [2.05, 4.69) is 26.6 Å². The number of carbonyl (C=O) groups is 1. The van der Waals surface area contributed by atoms with E-state index in [1.54, 1.807) is 14.2 Å². The molecule has 2 aliphatic heterocycles. The SMILES string of the molecule is COc1ccc(CN2CCC3(C2)Cn2nnc(CNC(=O)c4cccc(C)c4)c2CO3)c(OC)c1. The number of carbonyl (C=O) groups excluding carboxylic acids is 1. The van der Waals surface area contributed by atoms with Gasteiger partial charge in [-0.2, -0.15) is 0 Å². The van der Waals surface area contributed by atoms with Gasteiger partial charge in [-0.25, -0.2) is 4.68 Å². The van der Waals surface area contributed by atoms with Crippen LogP contribution in [0.3, 0.4) is 0 Å². The van der Waals surface area contributed by atoms with Gasteiger partial charge in [0.1, 0.15) is 22.8 Å². The van der Waals surface area contributed by atoms with Crippen LogP contribution >= 0.6 is 0 Å². The molecule has 1 atom stereocenters. The average molecular weight is 478 g/mol. The molecule has 3 heterocycles. The molecule has 1 aromatic heterocycles. The number of hydrogen-bond donors (Lipinski definition) is 1. The standard InChI is InChI=1S/C26H31N5O4/c1-18-5-4-6-19(11-18)25(32)27-13-22-23-15-35-26(17-31(23)29-28-22)9-10-30(16-26)14-20-7-8-21(33-2)12-24(20)34-3/h4-8,11-12H,9-10,13-17H2,1-3H3,(H,27,32). The molecule has 1 unspecified atom stereocenters. The molecular weight excluding hydrogens is 446 g/mol. The van der Waals surface area contributed by atoms with Gasteiger partial charge in [0.25, 0.3) is 5.91 Å². The minimum atomic E-state index is -0.289. The Morgan fingerprint density at radius 1 is 1.17 bits per heavy atom. The van der Waals surface area contributed by atoms with Crippen molar-refractivity contribution in [1.29, 1.82) is 0 Å². The highest BCUT2D eigenvalue weighted by Crippen LogP contribution is 2.34. The molecule has 0 bridgehead atoms. The summed E-state index contributed by atoms with van der Waals surface area (Å²) in [6.07, 6.45) is 0.921. The zero-order valence-electron chi connectivity index (χ0n) is 20.4. The van der Waals surface area contributed by atoms with E-state index in [1.165, 1.54) is 0 Å². The molecule has 35 heavy (non-hydrogen) atoms. The Labute approximate surface area is 205 Å². The second-order valence-electron chi connectivity index (χ2n) is 9.30. The van der Waals surface area contributed by atoms with Crippen LogP contribution in [0.5, 0.6) is 11.5 Å². The van der Waals surface area contributed by atoms with Crippen LogP contribution in [-0.2, 0) is 31.0 Å². The van der Waals surface area contributed by atoms with E-state index in [0.717, 1.165) is 60.1 Å². The normalized spacial score (nSPS) is 19.5. The van der Waals surface area contributed by atoms with Crippen molar-refractivity contribution in [3.63, 3.8) is 0 Å². The van der Waals surface area contributed by atoms with Crippen LogP contribution in [0.1, 0.15) is 39.3 Å². The number of likely N-dealkylation sites (tertiary alicyclic amines) is 1. The summed E-state index contributed by atoms with van der Waals surface area (Å²) >= 11 is 0. The molecule has 1 amide bonds. The summed E-state index contributed by atoms with van der Waals surface area (Å²) in [5, 5.41) is 11.7. The molecule has 0 saturated carbocycles. The first-order chi connectivity index (χ1) is 17.0. The number of methoxy groups -OCH3 is 2. The van der Waals surface area contributed by atoms with Crippen molar-refractivity contribution in [2.24, 2.45) is 0 Å². The Hall–Kier alpha value is -3.43. The number of nitrogens with one attached hydrogen (secondary N) is 1. The molecule has 3 aromatic rings. The van der Waals surface area contributed by atoms with Crippen LogP contribution in [0, 0.1) is 6.92 Å². The lowest BCUT2D eigenvalue weighted by molar-refractivity contribution is -0.0845. The molecule has 9 nitrogen and oxygen atoms in total. The van der Waals surface area contributed by atoms with E-state index < -0.39 is 0 Å². The molecule has 184 valence electrons. The van der Waals surface area contributed by atoms with E-state index in [1.807, 2.05) is 48.0 Å². The van der Waals surface area contributed by atoms with Gasteiger partial charge in [-0.1, -0.05) is 29.0 Å². The summed E-state index contributed by atoms with van der Waals surface area (Å²) in [6, 6.07) is 13.5. The lowest BCUT2D eigenvalue weighted by Crippen LogP contribution is -2.44. The smallest absolute Gasteiger partial charge is 0.251 e. The first kappa shape index (κ1) is 23.3. The molecule has 1 fully saturated rings. The second-order valence-corrected chi connectivity index (χ2v) is 9.30. The monoisotopic (exact) mass is 477 g/mol. The van der Waals surface area contributed by atoms with Crippen molar-refractivity contribution in [3.05, 3.63) is 70.5 Å². The number of hydrogen-bond acceptors (Lipinski definition) is 7. The Bertz CT molecular complexity index is 1230. The lowest BCUT2D eigenvalue weighted by atomic mass is 10.0. The molecule has 1 N–H and O–H groups in total. The number of rotatable bonds is 7. The molecule has 0 radical (unpaired) electrons. The Kier molecular flexibility index (Phi) is 6.44. The predicted molar refractivity (Wildman–Crippen MR) is 129 cm³/mol. The number of aromatic nitrogens is 3.